The van der Waals surface area contributed by atoms with Gasteiger partial charge in [0.05, 0.1) is 18.6 Å². The van der Waals surface area contributed by atoms with Crippen LogP contribution >= 0.6 is 11.6 Å². The zero-order chi connectivity index (χ0) is 39.7. The number of piperidine rings is 1. The first-order chi connectivity index (χ1) is 26.0. The fraction of sp³-hybridized carbons (Fsp3) is 0.474. The minimum atomic E-state index is -5.84. The molecule has 2 saturated heterocycles. The Labute approximate surface area is 320 Å². The third-order valence-electron chi connectivity index (χ3n) is 10.5. The van der Waals surface area contributed by atoms with Crippen LogP contribution in [0.25, 0.3) is 11.1 Å². The average Bonchev–Trinajstić information content (AvgIpc) is 3.43. The SMILES string of the molecule is COc1cc(C(F)(F)[C@@H](C(=O)N2C3CCC2CC(N)C3)N(OC(=O)C(F)(F)F)S(=O)(=O)c2ccc(OCC3CCCCC3)cc2)ccc1-c1ccc(Cl)cc1. The number of fused-ring (bicyclic) bond motifs is 2. The largest absolute Gasteiger partial charge is 0.496 e. The van der Waals surface area contributed by atoms with Gasteiger partial charge >= 0.3 is 18.1 Å². The van der Waals surface area contributed by atoms with Gasteiger partial charge in [-0.05, 0) is 96.9 Å². The molecule has 3 atom stereocenters. The van der Waals surface area contributed by atoms with Crippen molar-refractivity contribution >= 4 is 33.5 Å². The Balaban J connectivity index is 1.44. The zero-order valence-corrected chi connectivity index (χ0v) is 31.4. The molecule has 1 aliphatic carbocycles. The fourth-order valence-electron chi connectivity index (χ4n) is 7.78. The summed E-state index contributed by atoms with van der Waals surface area (Å²) in [7, 11) is -4.45. The van der Waals surface area contributed by atoms with Crippen LogP contribution in [0.4, 0.5) is 22.0 Å². The first-order valence-corrected chi connectivity index (χ1v) is 19.8. The Hall–Kier alpha value is -3.99. The number of hydroxylamine groups is 1. The molecule has 2 N–H and O–H groups in total. The number of nitrogens with zero attached hydrogens (tertiary/aromatic N) is 2. The number of ether oxygens (including phenoxy) is 2. The molecule has 6 rings (SSSR count). The van der Waals surface area contributed by atoms with Crippen LogP contribution in [-0.4, -0.2) is 73.7 Å². The Morgan fingerprint density at radius 2 is 1.53 bits per heavy atom. The molecule has 10 nitrogen and oxygen atoms in total. The first-order valence-electron chi connectivity index (χ1n) is 18.0. The van der Waals surface area contributed by atoms with Gasteiger partial charge in [-0.25, -0.2) is 13.2 Å². The van der Waals surface area contributed by atoms with Crippen molar-refractivity contribution in [3.05, 3.63) is 77.3 Å². The van der Waals surface area contributed by atoms with Gasteiger partial charge in [-0.2, -0.15) is 22.0 Å². The minimum absolute atomic E-state index is 0.139. The van der Waals surface area contributed by atoms with E-state index in [4.69, 9.17) is 26.8 Å². The average molecular weight is 814 g/mol. The summed E-state index contributed by atoms with van der Waals surface area (Å²) in [6.07, 6.45) is 0.326. The van der Waals surface area contributed by atoms with E-state index in [1.165, 1.54) is 25.3 Å². The van der Waals surface area contributed by atoms with E-state index < -0.39 is 73.1 Å². The van der Waals surface area contributed by atoms with E-state index in [1.807, 2.05) is 0 Å². The molecular weight excluding hydrogens is 773 g/mol. The number of methoxy groups -OCH3 is 1. The number of hydrogen-bond donors (Lipinski definition) is 1. The number of nitrogens with two attached hydrogens (primary N) is 1. The van der Waals surface area contributed by atoms with E-state index >= 15 is 8.78 Å². The van der Waals surface area contributed by atoms with Gasteiger partial charge in [0, 0.05) is 34.3 Å². The van der Waals surface area contributed by atoms with E-state index in [0.717, 1.165) is 61.3 Å². The molecule has 1 saturated carbocycles. The van der Waals surface area contributed by atoms with Crippen molar-refractivity contribution in [2.24, 2.45) is 11.7 Å². The highest BCUT2D eigenvalue weighted by Gasteiger charge is 2.60. The molecule has 3 fully saturated rings. The number of benzene rings is 3. The zero-order valence-electron chi connectivity index (χ0n) is 29.8. The smallest absolute Gasteiger partial charge is 0.492 e. The molecule has 0 aromatic heterocycles. The van der Waals surface area contributed by atoms with Crippen molar-refractivity contribution in [2.45, 2.75) is 98.9 Å². The van der Waals surface area contributed by atoms with E-state index in [1.54, 1.807) is 24.3 Å². The molecule has 2 aliphatic heterocycles. The molecule has 1 amide bonds. The van der Waals surface area contributed by atoms with E-state index in [9.17, 15) is 31.2 Å². The molecule has 55 heavy (non-hydrogen) atoms. The Morgan fingerprint density at radius 3 is 2.11 bits per heavy atom. The maximum Gasteiger partial charge on any atom is 0.492 e. The predicted octanol–water partition coefficient (Wildman–Crippen LogP) is 7.63. The van der Waals surface area contributed by atoms with Crippen LogP contribution in [0.3, 0.4) is 0 Å². The van der Waals surface area contributed by atoms with Crippen LogP contribution in [0.5, 0.6) is 11.5 Å². The normalized spacial score (nSPS) is 21.3. The number of carbonyl (C=O) groups excluding carboxylic acids is 2. The van der Waals surface area contributed by atoms with Crippen LogP contribution in [0.15, 0.2) is 71.6 Å². The molecule has 0 radical (unpaired) electrons. The second-order valence-electron chi connectivity index (χ2n) is 14.2. The number of amides is 1. The van der Waals surface area contributed by atoms with Crippen molar-refractivity contribution in [1.29, 1.82) is 0 Å². The van der Waals surface area contributed by atoms with Gasteiger partial charge in [0.15, 0.2) is 0 Å². The van der Waals surface area contributed by atoms with Crippen LogP contribution < -0.4 is 15.2 Å². The lowest BCUT2D eigenvalue weighted by Crippen LogP contribution is -2.62. The molecule has 2 bridgehead atoms. The topological polar surface area (TPSA) is 128 Å². The van der Waals surface area contributed by atoms with Gasteiger partial charge in [0.2, 0.25) is 6.04 Å². The van der Waals surface area contributed by atoms with E-state index in [-0.39, 0.29) is 30.3 Å². The molecule has 17 heteroatoms. The van der Waals surface area contributed by atoms with Crippen LogP contribution in [-0.2, 0) is 30.4 Å². The monoisotopic (exact) mass is 813 g/mol. The standard InChI is InChI=1S/C38H41ClF5N3O7S/c1-52-33-19-25(9-18-32(33)24-7-10-26(39)11-8-24)37(40,41)34(35(48)46-28-12-13-29(46)21-27(45)20-28)47(54-36(49)38(42,43)44)55(50,51)31-16-14-30(15-17-31)53-22-23-5-3-2-4-6-23/h7-11,14-19,23,27-29,34H,2-6,12-13,20-22,45H2,1H3/t27?,28?,29?,34-/m1/s1. The van der Waals surface area contributed by atoms with Crippen molar-refractivity contribution in [1.82, 2.24) is 9.37 Å². The van der Waals surface area contributed by atoms with Gasteiger partial charge in [-0.3, -0.25) is 4.79 Å². The summed E-state index contributed by atoms with van der Waals surface area (Å²) in [5, 5.41) is 0.399. The summed E-state index contributed by atoms with van der Waals surface area (Å²) in [5.74, 6) is -8.96. The highest BCUT2D eigenvalue weighted by atomic mass is 35.5. The van der Waals surface area contributed by atoms with E-state index in [0.29, 0.717) is 35.6 Å². The third kappa shape index (κ3) is 8.71. The minimum Gasteiger partial charge on any atom is -0.496 e. The second-order valence-corrected chi connectivity index (χ2v) is 16.5. The fourth-order valence-corrected chi connectivity index (χ4v) is 9.26. The molecule has 2 unspecified atom stereocenters. The molecule has 298 valence electrons. The molecule has 0 spiro atoms. The van der Waals surface area contributed by atoms with Crippen molar-refractivity contribution in [3.8, 4) is 22.6 Å². The summed E-state index contributed by atoms with van der Waals surface area (Å²) in [6.45, 7) is 0.340. The lowest BCUT2D eigenvalue weighted by atomic mass is 9.90. The summed E-state index contributed by atoms with van der Waals surface area (Å²) in [5.41, 5.74) is 5.95. The Bertz CT molecular complexity index is 1950. The second kappa shape index (κ2) is 16.2. The Morgan fingerprint density at radius 1 is 0.909 bits per heavy atom. The van der Waals surface area contributed by atoms with Gasteiger partial charge in [0.25, 0.3) is 15.9 Å². The lowest BCUT2D eigenvalue weighted by molar-refractivity contribution is -0.240. The maximum atomic E-state index is 17.3. The number of carbonyl (C=O) groups is 2. The van der Waals surface area contributed by atoms with Gasteiger partial charge in [-0.1, -0.05) is 55.1 Å². The van der Waals surface area contributed by atoms with Crippen LogP contribution in [0, 0.1) is 5.92 Å². The summed E-state index contributed by atoms with van der Waals surface area (Å²) < 4.78 is 115. The van der Waals surface area contributed by atoms with Crippen molar-refractivity contribution in [2.75, 3.05) is 13.7 Å². The van der Waals surface area contributed by atoms with Crippen molar-refractivity contribution < 1.29 is 54.3 Å². The molecule has 2 heterocycles. The number of rotatable bonds is 12. The summed E-state index contributed by atoms with van der Waals surface area (Å²) in [6, 6.07) is 8.36. The molecule has 3 aromatic rings. The van der Waals surface area contributed by atoms with Gasteiger partial charge in [-0.15, -0.1) is 0 Å². The lowest BCUT2D eigenvalue weighted by Gasteiger charge is -2.42. The Kier molecular flexibility index (Phi) is 12.0. The molecular formula is C38H41ClF5N3O7S. The highest BCUT2D eigenvalue weighted by Crippen LogP contribution is 2.45. The highest BCUT2D eigenvalue weighted by molar-refractivity contribution is 7.89. The van der Waals surface area contributed by atoms with E-state index in [2.05, 4.69) is 4.84 Å². The van der Waals surface area contributed by atoms with Gasteiger partial charge < -0.3 is 24.9 Å². The summed E-state index contributed by atoms with van der Waals surface area (Å²) in [4.78, 5) is 31.6. The number of sulfonamides is 1. The molecule has 3 aliphatic rings. The first kappa shape index (κ1) is 40.7. The van der Waals surface area contributed by atoms with Crippen molar-refractivity contribution in [3.63, 3.8) is 0 Å². The number of halogens is 6. The number of alkyl halides is 5. The summed E-state index contributed by atoms with van der Waals surface area (Å²) >= 11 is 6.01. The van der Waals surface area contributed by atoms with Crippen LogP contribution in [0.1, 0.15) is 63.4 Å². The molecule has 3 aromatic carbocycles. The quantitative estimate of drug-likeness (QED) is 0.146. The van der Waals surface area contributed by atoms with Crippen LogP contribution in [0.2, 0.25) is 5.02 Å². The number of hydrogen-bond acceptors (Lipinski definition) is 8. The third-order valence-corrected chi connectivity index (χ3v) is 12.4. The predicted molar refractivity (Wildman–Crippen MR) is 192 cm³/mol. The maximum absolute atomic E-state index is 17.3. The van der Waals surface area contributed by atoms with Gasteiger partial charge in [0.1, 0.15) is 11.5 Å².